The van der Waals surface area contributed by atoms with Crippen molar-refractivity contribution < 1.29 is 0 Å². The average molecular weight is 168 g/mol. The van der Waals surface area contributed by atoms with Crippen molar-refractivity contribution in [3.63, 3.8) is 0 Å². The van der Waals surface area contributed by atoms with Crippen LogP contribution in [0.25, 0.3) is 0 Å². The lowest BCUT2D eigenvalue weighted by molar-refractivity contribution is 0.933. The van der Waals surface area contributed by atoms with Gasteiger partial charge in [-0.1, -0.05) is 45.9 Å². The van der Waals surface area contributed by atoms with E-state index in [0.717, 1.165) is 0 Å². The Balaban J connectivity index is 0. The van der Waals surface area contributed by atoms with Gasteiger partial charge < -0.3 is 0 Å². The van der Waals surface area contributed by atoms with Crippen molar-refractivity contribution in [2.24, 2.45) is 0 Å². The summed E-state index contributed by atoms with van der Waals surface area (Å²) < 4.78 is 0. The maximum Gasteiger partial charge on any atom is -0.0276 e. The Bertz CT molecular complexity index is 129. The molecular formula is C12H24. The van der Waals surface area contributed by atoms with E-state index in [9.17, 15) is 0 Å². The second-order valence-electron chi connectivity index (χ2n) is 2.27. The van der Waals surface area contributed by atoms with Crippen LogP contribution in [0.3, 0.4) is 0 Å². The molecule has 0 heteroatoms. The Hall–Kier alpha value is -0.520. The largest absolute Gasteiger partial charge is 0.0956 e. The first-order valence-electron chi connectivity index (χ1n) is 5.18. The van der Waals surface area contributed by atoms with Crippen molar-refractivity contribution in [2.75, 3.05) is 0 Å². The molecule has 0 unspecified atom stereocenters. The minimum absolute atomic E-state index is 1.22. The summed E-state index contributed by atoms with van der Waals surface area (Å²) in [5.41, 5.74) is 2.83. The molecule has 0 N–H and O–H groups in total. The van der Waals surface area contributed by atoms with Gasteiger partial charge in [-0.15, -0.1) is 0 Å². The molecule has 0 heterocycles. The van der Waals surface area contributed by atoms with Gasteiger partial charge in [0.15, 0.2) is 0 Å². The van der Waals surface area contributed by atoms with Gasteiger partial charge in [0, 0.05) is 0 Å². The maximum atomic E-state index is 3.94. The molecule has 0 aromatic rings. The van der Waals surface area contributed by atoms with E-state index in [0.29, 0.717) is 0 Å². The van der Waals surface area contributed by atoms with Crippen LogP contribution in [0.15, 0.2) is 23.8 Å². The molecule has 0 aromatic heterocycles. The summed E-state index contributed by atoms with van der Waals surface area (Å²) in [5.74, 6) is 0. The predicted molar refractivity (Wildman–Crippen MR) is 59.4 cm³/mol. The van der Waals surface area contributed by atoms with Crippen molar-refractivity contribution in [3.05, 3.63) is 23.8 Å². The lowest BCUT2D eigenvalue weighted by Gasteiger charge is -1.91. The molecule has 0 radical (unpaired) electrons. The molecule has 0 amide bonds. The van der Waals surface area contributed by atoms with Crippen LogP contribution in [-0.4, -0.2) is 0 Å². The molecule has 12 heavy (non-hydrogen) atoms. The quantitative estimate of drug-likeness (QED) is 0.490. The molecule has 1 rings (SSSR count). The first-order chi connectivity index (χ1) is 5.84. The average Bonchev–Trinajstić information content (AvgIpc) is 2.58. The number of allylic oxidation sites excluding steroid dienone is 3. The van der Waals surface area contributed by atoms with Gasteiger partial charge in [-0.3, -0.25) is 0 Å². The van der Waals surface area contributed by atoms with Crippen LogP contribution >= 0.6 is 0 Å². The third-order valence-electron chi connectivity index (χ3n) is 1.73. The van der Waals surface area contributed by atoms with E-state index in [1.807, 2.05) is 27.7 Å². The number of rotatable bonds is 0. The van der Waals surface area contributed by atoms with Crippen LogP contribution in [0.1, 0.15) is 53.9 Å². The van der Waals surface area contributed by atoms with Crippen molar-refractivity contribution in [2.45, 2.75) is 53.9 Å². The van der Waals surface area contributed by atoms with Gasteiger partial charge in [0.1, 0.15) is 0 Å². The molecule has 0 nitrogen and oxygen atoms in total. The molecule has 72 valence electrons. The maximum absolute atomic E-state index is 3.94. The van der Waals surface area contributed by atoms with E-state index in [1.54, 1.807) is 0 Å². The predicted octanol–water partition coefficient (Wildman–Crippen LogP) is 4.73. The molecule has 1 aliphatic carbocycles. The topological polar surface area (TPSA) is 0 Å². The van der Waals surface area contributed by atoms with E-state index in [-0.39, 0.29) is 0 Å². The van der Waals surface area contributed by atoms with Crippen LogP contribution in [0.2, 0.25) is 0 Å². The SMILES string of the molecule is C=C1CCC/C1=C/C.CC.CC. The monoisotopic (exact) mass is 168 g/mol. The summed E-state index contributed by atoms with van der Waals surface area (Å²) in [7, 11) is 0. The van der Waals surface area contributed by atoms with Gasteiger partial charge in [-0.05, 0) is 31.8 Å². The second-order valence-corrected chi connectivity index (χ2v) is 2.27. The standard InChI is InChI=1S/C8H12.2C2H6/c1-3-8-6-4-5-7(8)2;2*1-2/h3H,2,4-6H2,1H3;2*1-2H3/b8-3-;;. The fourth-order valence-corrected chi connectivity index (χ4v) is 1.18. The Morgan fingerprint density at radius 3 is 1.75 bits per heavy atom. The third kappa shape index (κ3) is 5.17. The Morgan fingerprint density at radius 1 is 1.08 bits per heavy atom. The molecule has 0 atom stereocenters. The van der Waals surface area contributed by atoms with Crippen LogP contribution in [-0.2, 0) is 0 Å². The zero-order valence-corrected chi connectivity index (χ0v) is 9.41. The highest BCUT2D eigenvalue weighted by Gasteiger charge is 2.08. The number of hydrogen-bond donors (Lipinski definition) is 0. The van der Waals surface area contributed by atoms with Crippen molar-refractivity contribution in [1.82, 2.24) is 0 Å². The normalized spacial score (nSPS) is 17.8. The summed E-state index contributed by atoms with van der Waals surface area (Å²) in [6.07, 6.45) is 5.98. The molecule has 0 aliphatic heterocycles. The Morgan fingerprint density at radius 2 is 1.58 bits per heavy atom. The molecule has 0 bridgehead atoms. The van der Waals surface area contributed by atoms with Crippen LogP contribution < -0.4 is 0 Å². The van der Waals surface area contributed by atoms with Gasteiger partial charge in [-0.25, -0.2) is 0 Å². The molecule has 1 aliphatic rings. The zero-order chi connectivity index (χ0) is 9.98. The molecule has 0 spiro atoms. The van der Waals surface area contributed by atoms with Gasteiger partial charge in [-0.2, -0.15) is 0 Å². The third-order valence-corrected chi connectivity index (χ3v) is 1.73. The first-order valence-corrected chi connectivity index (χ1v) is 5.18. The van der Waals surface area contributed by atoms with E-state index < -0.39 is 0 Å². The van der Waals surface area contributed by atoms with Crippen molar-refractivity contribution >= 4 is 0 Å². The highest BCUT2D eigenvalue weighted by Crippen LogP contribution is 2.27. The summed E-state index contributed by atoms with van der Waals surface area (Å²) in [4.78, 5) is 0. The summed E-state index contributed by atoms with van der Waals surface area (Å²) in [5, 5.41) is 0. The minimum Gasteiger partial charge on any atom is -0.0956 e. The lowest BCUT2D eigenvalue weighted by atomic mass is 10.1. The fourth-order valence-electron chi connectivity index (χ4n) is 1.18. The van der Waals surface area contributed by atoms with E-state index in [1.165, 1.54) is 30.4 Å². The van der Waals surface area contributed by atoms with Crippen molar-refractivity contribution in [3.8, 4) is 0 Å². The molecule has 0 saturated heterocycles. The van der Waals surface area contributed by atoms with E-state index in [4.69, 9.17) is 0 Å². The first kappa shape index (κ1) is 14.0. The summed E-state index contributed by atoms with van der Waals surface area (Å²) >= 11 is 0. The van der Waals surface area contributed by atoms with E-state index in [2.05, 4.69) is 19.6 Å². The highest BCUT2D eigenvalue weighted by molar-refractivity contribution is 5.31. The van der Waals surface area contributed by atoms with Gasteiger partial charge in [0.2, 0.25) is 0 Å². The molecule has 1 saturated carbocycles. The molecular weight excluding hydrogens is 144 g/mol. The Kier molecular flexibility index (Phi) is 12.3. The molecule has 1 fully saturated rings. The lowest BCUT2D eigenvalue weighted by Crippen LogP contribution is -1.71. The van der Waals surface area contributed by atoms with Crippen molar-refractivity contribution in [1.29, 1.82) is 0 Å². The summed E-state index contributed by atoms with van der Waals surface area (Å²) in [6, 6.07) is 0. The van der Waals surface area contributed by atoms with Crippen LogP contribution in [0, 0.1) is 0 Å². The zero-order valence-electron chi connectivity index (χ0n) is 9.41. The number of hydrogen-bond acceptors (Lipinski definition) is 0. The van der Waals surface area contributed by atoms with Crippen LogP contribution in [0.4, 0.5) is 0 Å². The summed E-state index contributed by atoms with van der Waals surface area (Å²) in [6.45, 7) is 14.0. The van der Waals surface area contributed by atoms with Crippen LogP contribution in [0.5, 0.6) is 0 Å². The highest BCUT2D eigenvalue weighted by atomic mass is 14.1. The van der Waals surface area contributed by atoms with Gasteiger partial charge in [0.25, 0.3) is 0 Å². The fraction of sp³-hybridized carbons (Fsp3) is 0.667. The van der Waals surface area contributed by atoms with Gasteiger partial charge >= 0.3 is 0 Å². The molecule has 0 aromatic carbocycles. The second kappa shape index (κ2) is 10.5. The minimum atomic E-state index is 1.22. The smallest absolute Gasteiger partial charge is 0.0276 e. The van der Waals surface area contributed by atoms with Gasteiger partial charge in [0.05, 0.1) is 0 Å². The Labute approximate surface area is 78.4 Å². The van der Waals surface area contributed by atoms with E-state index >= 15 is 0 Å².